The first-order valence-corrected chi connectivity index (χ1v) is 8.52. The second-order valence-corrected chi connectivity index (χ2v) is 5.87. The van der Waals surface area contributed by atoms with Gasteiger partial charge >= 0.3 is 0 Å². The van der Waals surface area contributed by atoms with Crippen molar-refractivity contribution in [3.63, 3.8) is 0 Å². The number of anilines is 1. The fourth-order valence-corrected chi connectivity index (χ4v) is 2.79. The normalized spacial score (nSPS) is 10.3. The van der Waals surface area contributed by atoms with E-state index in [9.17, 15) is 4.79 Å². The van der Waals surface area contributed by atoms with Gasteiger partial charge < -0.3 is 10.1 Å². The minimum atomic E-state index is -0.367. The van der Waals surface area contributed by atoms with E-state index in [0.717, 1.165) is 22.6 Å². The Morgan fingerprint density at radius 1 is 0.885 bits per heavy atom. The maximum absolute atomic E-state index is 13.0. The summed E-state index contributed by atoms with van der Waals surface area (Å²) in [7, 11) is 0. The summed E-state index contributed by atoms with van der Waals surface area (Å²) < 4.78 is 5.47. The van der Waals surface area contributed by atoms with Gasteiger partial charge in [-0.1, -0.05) is 73.3 Å². The summed E-state index contributed by atoms with van der Waals surface area (Å²) in [5.41, 5.74) is 2.65. The number of amides is 1. The van der Waals surface area contributed by atoms with Crippen molar-refractivity contribution < 1.29 is 9.53 Å². The third kappa shape index (κ3) is 4.39. The first-order valence-electron chi connectivity index (χ1n) is 8.52. The molecular weight excluding hydrogens is 322 g/mol. The Labute approximate surface area is 154 Å². The molecule has 26 heavy (non-hydrogen) atoms. The van der Waals surface area contributed by atoms with Crippen LogP contribution in [0.2, 0.25) is 0 Å². The molecule has 0 aliphatic heterocycles. The molecule has 0 bridgehead atoms. The molecule has 3 heteroatoms. The van der Waals surface area contributed by atoms with Gasteiger partial charge in [-0.2, -0.15) is 0 Å². The van der Waals surface area contributed by atoms with E-state index in [1.807, 2.05) is 84.9 Å². The molecule has 0 aromatic heterocycles. The van der Waals surface area contributed by atoms with Crippen LogP contribution in [-0.2, 0) is 4.79 Å². The lowest BCUT2D eigenvalue weighted by atomic mass is 9.90. The van der Waals surface area contributed by atoms with E-state index in [-0.39, 0.29) is 11.8 Å². The monoisotopic (exact) mass is 343 g/mol. The van der Waals surface area contributed by atoms with Crippen LogP contribution in [0.25, 0.3) is 0 Å². The molecule has 3 aromatic carbocycles. The van der Waals surface area contributed by atoms with Gasteiger partial charge in [0.1, 0.15) is 12.4 Å². The van der Waals surface area contributed by atoms with Gasteiger partial charge in [0.25, 0.3) is 0 Å². The second kappa shape index (κ2) is 8.67. The minimum absolute atomic E-state index is 0.0674. The molecule has 3 nitrogen and oxygen atoms in total. The summed E-state index contributed by atoms with van der Waals surface area (Å²) in [5.74, 6) is 0.307. The molecule has 1 amide bonds. The summed E-state index contributed by atoms with van der Waals surface area (Å²) in [5, 5.41) is 3.01. The molecule has 0 radical (unpaired) electrons. The third-order valence-corrected chi connectivity index (χ3v) is 4.02. The molecule has 0 heterocycles. The first kappa shape index (κ1) is 17.5. The van der Waals surface area contributed by atoms with Crippen LogP contribution in [0, 0.1) is 0 Å². The van der Waals surface area contributed by atoms with Crippen LogP contribution in [0.1, 0.15) is 17.0 Å². The van der Waals surface area contributed by atoms with Gasteiger partial charge in [0.05, 0.1) is 5.92 Å². The molecule has 0 unspecified atom stereocenters. The van der Waals surface area contributed by atoms with Crippen LogP contribution >= 0.6 is 0 Å². The zero-order chi connectivity index (χ0) is 18.2. The summed E-state index contributed by atoms with van der Waals surface area (Å²) in [6.45, 7) is 4.08. The lowest BCUT2D eigenvalue weighted by Crippen LogP contribution is -2.22. The highest BCUT2D eigenvalue weighted by atomic mass is 16.5. The zero-order valence-corrected chi connectivity index (χ0v) is 14.5. The first-order chi connectivity index (χ1) is 12.8. The van der Waals surface area contributed by atoms with E-state index >= 15 is 0 Å². The van der Waals surface area contributed by atoms with Crippen molar-refractivity contribution >= 4 is 11.6 Å². The fourth-order valence-electron chi connectivity index (χ4n) is 2.79. The number of carbonyl (C=O) groups excluding carboxylic acids is 1. The smallest absolute Gasteiger partial charge is 0.236 e. The van der Waals surface area contributed by atoms with Crippen molar-refractivity contribution in [2.75, 3.05) is 11.9 Å². The van der Waals surface area contributed by atoms with Crippen molar-refractivity contribution in [3.05, 3.63) is 109 Å². The molecule has 0 spiro atoms. The van der Waals surface area contributed by atoms with Crippen LogP contribution in [0.3, 0.4) is 0 Å². The molecule has 0 aliphatic rings. The molecule has 3 rings (SSSR count). The van der Waals surface area contributed by atoms with Crippen LogP contribution in [-0.4, -0.2) is 12.5 Å². The van der Waals surface area contributed by atoms with Crippen molar-refractivity contribution in [3.8, 4) is 5.75 Å². The molecule has 130 valence electrons. The molecule has 1 N–H and O–H groups in total. The lowest BCUT2D eigenvalue weighted by Gasteiger charge is -2.18. The third-order valence-electron chi connectivity index (χ3n) is 4.02. The van der Waals surface area contributed by atoms with E-state index in [2.05, 4.69) is 11.9 Å². The largest absolute Gasteiger partial charge is 0.490 e. The Kier molecular flexibility index (Phi) is 5.84. The number of rotatable bonds is 7. The van der Waals surface area contributed by atoms with Crippen molar-refractivity contribution in [1.82, 2.24) is 0 Å². The number of carbonyl (C=O) groups is 1. The van der Waals surface area contributed by atoms with Crippen LogP contribution in [0.5, 0.6) is 5.75 Å². The lowest BCUT2D eigenvalue weighted by molar-refractivity contribution is -0.116. The standard InChI is InChI=1S/C23H21NO2/c1-2-17-26-21-15-13-20(14-16-21)24-23(25)22(18-9-5-3-6-10-18)19-11-7-4-8-12-19/h2-16,22H,1,17H2,(H,24,25). The van der Waals surface area contributed by atoms with E-state index in [1.54, 1.807) is 6.08 Å². The van der Waals surface area contributed by atoms with Crippen molar-refractivity contribution in [2.45, 2.75) is 5.92 Å². The predicted molar refractivity (Wildman–Crippen MR) is 105 cm³/mol. The average molecular weight is 343 g/mol. The Bertz CT molecular complexity index is 803. The highest BCUT2D eigenvalue weighted by Crippen LogP contribution is 2.26. The van der Waals surface area contributed by atoms with Gasteiger partial charge in [0.2, 0.25) is 5.91 Å². The Balaban J connectivity index is 1.81. The molecule has 0 atom stereocenters. The van der Waals surface area contributed by atoms with Crippen LogP contribution in [0.15, 0.2) is 97.6 Å². The summed E-state index contributed by atoms with van der Waals surface area (Å²) in [6, 6.07) is 26.9. The highest BCUT2D eigenvalue weighted by molar-refractivity contribution is 5.98. The Morgan fingerprint density at radius 3 is 1.92 bits per heavy atom. The van der Waals surface area contributed by atoms with Crippen LogP contribution < -0.4 is 10.1 Å². The predicted octanol–water partition coefficient (Wildman–Crippen LogP) is 5.02. The highest BCUT2D eigenvalue weighted by Gasteiger charge is 2.22. The average Bonchev–Trinajstić information content (AvgIpc) is 2.69. The summed E-state index contributed by atoms with van der Waals surface area (Å²) in [4.78, 5) is 13.0. The molecule has 0 fully saturated rings. The molecule has 3 aromatic rings. The molecule has 0 saturated carbocycles. The van der Waals surface area contributed by atoms with Crippen LogP contribution in [0.4, 0.5) is 5.69 Å². The van der Waals surface area contributed by atoms with Gasteiger partial charge in [-0.3, -0.25) is 4.79 Å². The quantitative estimate of drug-likeness (QED) is 0.612. The summed E-state index contributed by atoms with van der Waals surface area (Å²) >= 11 is 0. The van der Waals surface area contributed by atoms with Gasteiger partial charge in [-0.15, -0.1) is 0 Å². The van der Waals surface area contributed by atoms with Crippen molar-refractivity contribution in [2.24, 2.45) is 0 Å². The molecule has 0 saturated heterocycles. The molecular formula is C23H21NO2. The minimum Gasteiger partial charge on any atom is -0.490 e. The van der Waals surface area contributed by atoms with Gasteiger partial charge in [0, 0.05) is 5.69 Å². The number of hydrogen-bond donors (Lipinski definition) is 1. The maximum atomic E-state index is 13.0. The number of hydrogen-bond acceptors (Lipinski definition) is 2. The van der Waals surface area contributed by atoms with Gasteiger partial charge in [-0.25, -0.2) is 0 Å². The fraction of sp³-hybridized carbons (Fsp3) is 0.0870. The van der Waals surface area contributed by atoms with Crippen molar-refractivity contribution in [1.29, 1.82) is 0 Å². The maximum Gasteiger partial charge on any atom is 0.236 e. The Hall–Kier alpha value is -3.33. The number of ether oxygens (including phenoxy) is 1. The number of nitrogens with one attached hydrogen (secondary N) is 1. The SMILES string of the molecule is C=CCOc1ccc(NC(=O)C(c2ccccc2)c2ccccc2)cc1. The summed E-state index contributed by atoms with van der Waals surface area (Å²) in [6.07, 6.45) is 1.69. The number of benzene rings is 3. The van der Waals surface area contributed by atoms with E-state index < -0.39 is 0 Å². The van der Waals surface area contributed by atoms with Gasteiger partial charge in [0.15, 0.2) is 0 Å². The molecule has 0 aliphatic carbocycles. The van der Waals surface area contributed by atoms with E-state index in [4.69, 9.17) is 4.74 Å². The second-order valence-electron chi connectivity index (χ2n) is 5.87. The van der Waals surface area contributed by atoms with Gasteiger partial charge in [-0.05, 0) is 35.4 Å². The van der Waals surface area contributed by atoms with E-state index in [1.165, 1.54) is 0 Å². The zero-order valence-electron chi connectivity index (χ0n) is 14.5. The van der Waals surface area contributed by atoms with E-state index in [0.29, 0.717) is 6.61 Å². The Morgan fingerprint density at radius 2 is 1.42 bits per heavy atom. The topological polar surface area (TPSA) is 38.3 Å².